The molecule has 0 saturated heterocycles. The summed E-state index contributed by atoms with van der Waals surface area (Å²) in [6.45, 7) is 0. The van der Waals surface area contributed by atoms with E-state index in [-0.39, 0.29) is 16.7 Å². The molecule has 0 aliphatic heterocycles. The third kappa shape index (κ3) is 4.04. The number of hydrogen-bond donors (Lipinski definition) is 1. The van der Waals surface area contributed by atoms with Gasteiger partial charge in [0.2, 0.25) is 11.8 Å². The maximum Gasteiger partial charge on any atom is 0.418 e. The Bertz CT molecular complexity index is 713. The van der Waals surface area contributed by atoms with Crippen LogP contribution in [0.4, 0.5) is 18.9 Å². The van der Waals surface area contributed by atoms with E-state index in [1.54, 1.807) is 0 Å². The van der Waals surface area contributed by atoms with Crippen molar-refractivity contribution in [2.45, 2.75) is 30.2 Å². The normalized spacial score (nSPS) is 14.7. The molecule has 1 fully saturated rings. The minimum atomic E-state index is -4.53. The lowest BCUT2D eigenvalue weighted by atomic mass is 10.1. The second-order valence-corrected chi connectivity index (χ2v) is 5.99. The van der Waals surface area contributed by atoms with Gasteiger partial charge in [-0.2, -0.15) is 13.2 Å². The van der Waals surface area contributed by atoms with Crippen LogP contribution in [0, 0.1) is 0 Å². The first-order valence-corrected chi connectivity index (χ1v) is 7.84. The highest BCUT2D eigenvalue weighted by Gasteiger charge is 2.33. The molecule has 23 heavy (non-hydrogen) atoms. The third-order valence-electron chi connectivity index (χ3n) is 3.18. The van der Waals surface area contributed by atoms with E-state index in [0.717, 1.165) is 30.7 Å². The minimum absolute atomic E-state index is 0.113. The van der Waals surface area contributed by atoms with Crippen LogP contribution in [0.5, 0.6) is 0 Å². The molecular weight excluding hydrogens is 331 g/mol. The van der Waals surface area contributed by atoms with Gasteiger partial charge in [-0.1, -0.05) is 23.9 Å². The first-order chi connectivity index (χ1) is 10.9. The molecule has 122 valence electrons. The Morgan fingerprint density at radius 3 is 2.74 bits per heavy atom. The van der Waals surface area contributed by atoms with Crippen molar-refractivity contribution in [3.8, 4) is 0 Å². The SMILES string of the molecule is O=C(CSc1nnc(C2CC2)o1)Nc1ccccc1C(F)(F)F. The number of amides is 1. The molecule has 1 saturated carbocycles. The summed E-state index contributed by atoms with van der Waals surface area (Å²) in [5, 5.41) is 10.2. The monoisotopic (exact) mass is 343 g/mol. The number of para-hydroxylation sites is 1. The fraction of sp³-hybridized carbons (Fsp3) is 0.357. The first kappa shape index (κ1) is 15.9. The van der Waals surface area contributed by atoms with Gasteiger partial charge in [0.25, 0.3) is 5.22 Å². The first-order valence-electron chi connectivity index (χ1n) is 6.86. The lowest BCUT2D eigenvalue weighted by Gasteiger charge is -2.13. The molecule has 2 aromatic rings. The molecule has 0 unspecified atom stereocenters. The van der Waals surface area contributed by atoms with Crippen LogP contribution in [0.3, 0.4) is 0 Å². The highest BCUT2D eigenvalue weighted by molar-refractivity contribution is 7.99. The number of carbonyl (C=O) groups excluding carboxylic acids is 1. The van der Waals surface area contributed by atoms with Crippen LogP contribution < -0.4 is 5.32 Å². The van der Waals surface area contributed by atoms with Gasteiger partial charge in [0.05, 0.1) is 17.0 Å². The van der Waals surface area contributed by atoms with E-state index in [1.165, 1.54) is 18.2 Å². The van der Waals surface area contributed by atoms with Gasteiger partial charge in [-0.15, -0.1) is 10.2 Å². The predicted molar refractivity (Wildman–Crippen MR) is 77.1 cm³/mol. The van der Waals surface area contributed by atoms with Gasteiger partial charge in [-0.25, -0.2) is 0 Å². The molecule has 1 amide bonds. The number of nitrogens with one attached hydrogen (secondary N) is 1. The van der Waals surface area contributed by atoms with Crippen LogP contribution in [0.1, 0.15) is 30.2 Å². The largest absolute Gasteiger partial charge is 0.418 e. The Kier molecular flexibility index (Phi) is 4.29. The topological polar surface area (TPSA) is 68.0 Å². The fourth-order valence-electron chi connectivity index (χ4n) is 1.93. The summed E-state index contributed by atoms with van der Waals surface area (Å²) >= 11 is 0.994. The second-order valence-electron chi connectivity index (χ2n) is 5.06. The van der Waals surface area contributed by atoms with E-state index in [1.807, 2.05) is 0 Å². The minimum Gasteiger partial charge on any atom is -0.416 e. The number of aromatic nitrogens is 2. The molecule has 1 aromatic heterocycles. The molecule has 0 spiro atoms. The van der Waals surface area contributed by atoms with Gasteiger partial charge in [0, 0.05) is 5.92 Å². The lowest BCUT2D eigenvalue weighted by molar-refractivity contribution is -0.137. The zero-order valence-corrected chi connectivity index (χ0v) is 12.6. The molecule has 1 heterocycles. The Labute approximate surface area is 133 Å². The zero-order valence-electron chi connectivity index (χ0n) is 11.8. The molecule has 1 N–H and O–H groups in total. The van der Waals surface area contributed by atoms with Crippen molar-refractivity contribution in [1.82, 2.24) is 10.2 Å². The summed E-state index contributed by atoms with van der Waals surface area (Å²) in [7, 11) is 0. The number of anilines is 1. The Morgan fingerprint density at radius 1 is 1.30 bits per heavy atom. The number of carbonyl (C=O) groups is 1. The van der Waals surface area contributed by atoms with E-state index >= 15 is 0 Å². The molecule has 0 atom stereocenters. The van der Waals surface area contributed by atoms with E-state index < -0.39 is 17.6 Å². The van der Waals surface area contributed by atoms with E-state index in [0.29, 0.717) is 11.8 Å². The van der Waals surface area contributed by atoms with Crippen molar-refractivity contribution in [2.24, 2.45) is 0 Å². The maximum absolute atomic E-state index is 12.8. The molecule has 1 aliphatic rings. The van der Waals surface area contributed by atoms with Crippen molar-refractivity contribution < 1.29 is 22.4 Å². The molecule has 0 radical (unpaired) electrons. The molecule has 1 aromatic carbocycles. The highest BCUT2D eigenvalue weighted by Crippen LogP contribution is 2.40. The van der Waals surface area contributed by atoms with Gasteiger partial charge < -0.3 is 9.73 Å². The number of hydrogen-bond acceptors (Lipinski definition) is 5. The lowest BCUT2D eigenvalue weighted by Crippen LogP contribution is -2.18. The van der Waals surface area contributed by atoms with Crippen LogP contribution in [-0.4, -0.2) is 21.9 Å². The summed E-state index contributed by atoms with van der Waals surface area (Å²) in [6, 6.07) is 4.83. The third-order valence-corrected chi connectivity index (χ3v) is 4.00. The van der Waals surface area contributed by atoms with Crippen LogP contribution in [0.2, 0.25) is 0 Å². The quantitative estimate of drug-likeness (QED) is 0.839. The molecule has 1 aliphatic carbocycles. The summed E-state index contributed by atoms with van der Waals surface area (Å²) in [5.41, 5.74) is -1.15. The van der Waals surface area contributed by atoms with Gasteiger partial charge in [-0.3, -0.25) is 4.79 Å². The van der Waals surface area contributed by atoms with Crippen molar-refractivity contribution >= 4 is 23.4 Å². The van der Waals surface area contributed by atoms with Crippen LogP contribution in [-0.2, 0) is 11.0 Å². The average Bonchev–Trinajstić information content (AvgIpc) is 3.24. The predicted octanol–water partition coefficient (Wildman–Crippen LogP) is 3.70. The number of nitrogens with zero attached hydrogens (tertiary/aromatic N) is 2. The van der Waals surface area contributed by atoms with E-state index in [2.05, 4.69) is 15.5 Å². The molecule has 0 bridgehead atoms. The van der Waals surface area contributed by atoms with Crippen molar-refractivity contribution in [3.63, 3.8) is 0 Å². The Morgan fingerprint density at radius 2 is 2.04 bits per heavy atom. The van der Waals surface area contributed by atoms with Gasteiger partial charge in [0.1, 0.15) is 0 Å². The van der Waals surface area contributed by atoms with Gasteiger partial charge in [-0.05, 0) is 25.0 Å². The summed E-state index contributed by atoms with van der Waals surface area (Å²) in [5.74, 6) is 0.177. The molecule has 9 heteroatoms. The standard InChI is InChI=1S/C14H12F3N3O2S/c15-14(16,17)9-3-1-2-4-10(9)18-11(21)7-23-13-20-19-12(22-13)8-5-6-8/h1-4,8H,5-7H2,(H,18,21). The fourth-order valence-corrected chi connectivity index (χ4v) is 2.50. The van der Waals surface area contributed by atoms with Crippen molar-refractivity contribution in [1.29, 1.82) is 0 Å². The Balaban J connectivity index is 1.59. The molecular formula is C14H12F3N3O2S. The smallest absolute Gasteiger partial charge is 0.416 e. The Hall–Kier alpha value is -2.03. The van der Waals surface area contributed by atoms with E-state index in [4.69, 9.17) is 4.42 Å². The number of rotatable bonds is 5. The summed E-state index contributed by atoms with van der Waals surface area (Å²) in [4.78, 5) is 11.8. The summed E-state index contributed by atoms with van der Waals surface area (Å²) < 4.78 is 43.9. The van der Waals surface area contributed by atoms with Crippen molar-refractivity contribution in [3.05, 3.63) is 35.7 Å². The van der Waals surface area contributed by atoms with Gasteiger partial charge in [0.15, 0.2) is 0 Å². The molecule has 5 nitrogen and oxygen atoms in total. The van der Waals surface area contributed by atoms with Crippen molar-refractivity contribution in [2.75, 3.05) is 11.1 Å². The maximum atomic E-state index is 12.8. The highest BCUT2D eigenvalue weighted by atomic mass is 32.2. The number of halogens is 3. The number of thioether (sulfide) groups is 1. The second kappa shape index (κ2) is 6.23. The van der Waals surface area contributed by atoms with Crippen LogP contribution in [0.15, 0.2) is 33.9 Å². The number of benzene rings is 1. The number of alkyl halides is 3. The van der Waals surface area contributed by atoms with E-state index in [9.17, 15) is 18.0 Å². The average molecular weight is 343 g/mol. The van der Waals surface area contributed by atoms with Crippen LogP contribution >= 0.6 is 11.8 Å². The summed E-state index contributed by atoms with van der Waals surface area (Å²) in [6.07, 6.45) is -2.50. The zero-order chi connectivity index (χ0) is 16.4. The van der Waals surface area contributed by atoms with Crippen LogP contribution in [0.25, 0.3) is 0 Å². The van der Waals surface area contributed by atoms with Gasteiger partial charge >= 0.3 is 6.18 Å². The molecule has 3 rings (SSSR count).